The lowest BCUT2D eigenvalue weighted by atomic mass is 9.90. The molecule has 34 heavy (non-hydrogen) atoms. The molecule has 1 saturated heterocycles. The molecule has 0 saturated carbocycles. The molecule has 1 amide bonds. The maximum absolute atomic E-state index is 13.0. The van der Waals surface area contributed by atoms with E-state index in [2.05, 4.69) is 29.3 Å². The zero-order chi connectivity index (χ0) is 23.7. The lowest BCUT2D eigenvalue weighted by Crippen LogP contribution is -2.23. The standard InChI is InChI=1S/C27H26N4O3/c1-18(30-15-5-6-16-30)19-9-11-21(12-10-19)28-26(20-7-3-2-4-8-20)25-23-17-22(31(33)34)13-14-24(23)29-27(25)32/h2-4,7-14,17-18,25H,5-6,15-16H2,1H3,(H,29,32). The lowest BCUT2D eigenvalue weighted by molar-refractivity contribution is -0.384. The third-order valence-electron chi connectivity index (χ3n) is 6.73. The highest BCUT2D eigenvalue weighted by atomic mass is 16.6. The van der Waals surface area contributed by atoms with Gasteiger partial charge in [0, 0.05) is 29.4 Å². The zero-order valence-corrected chi connectivity index (χ0v) is 19.0. The fraction of sp³-hybridized carbons (Fsp3) is 0.259. The second-order valence-corrected chi connectivity index (χ2v) is 8.82. The minimum absolute atomic E-state index is 0.0482. The van der Waals surface area contributed by atoms with Crippen LogP contribution in [-0.2, 0) is 4.79 Å². The number of rotatable bonds is 6. The molecule has 5 rings (SSSR count). The van der Waals surface area contributed by atoms with Crippen LogP contribution in [0.25, 0.3) is 0 Å². The van der Waals surface area contributed by atoms with Crippen molar-refractivity contribution in [3.63, 3.8) is 0 Å². The fourth-order valence-electron chi connectivity index (χ4n) is 4.84. The molecule has 0 aliphatic carbocycles. The van der Waals surface area contributed by atoms with E-state index in [-0.39, 0.29) is 11.6 Å². The number of nitrogens with one attached hydrogen (secondary N) is 1. The molecule has 7 nitrogen and oxygen atoms in total. The summed E-state index contributed by atoms with van der Waals surface area (Å²) in [6, 6.07) is 22.5. The Kier molecular flexibility index (Phi) is 5.94. The fourth-order valence-corrected chi connectivity index (χ4v) is 4.84. The molecular weight excluding hydrogens is 428 g/mol. The zero-order valence-electron chi connectivity index (χ0n) is 19.0. The first-order valence-electron chi connectivity index (χ1n) is 11.6. The van der Waals surface area contributed by atoms with Gasteiger partial charge in [0.15, 0.2) is 0 Å². The van der Waals surface area contributed by atoms with Crippen LogP contribution in [0.4, 0.5) is 17.1 Å². The summed E-state index contributed by atoms with van der Waals surface area (Å²) in [6.07, 6.45) is 2.49. The molecule has 1 N–H and O–H groups in total. The summed E-state index contributed by atoms with van der Waals surface area (Å²) in [5.74, 6) is -0.974. The van der Waals surface area contributed by atoms with Crippen LogP contribution < -0.4 is 5.32 Å². The number of nitrogens with zero attached hydrogens (tertiary/aromatic N) is 3. The molecule has 2 unspecified atom stereocenters. The average Bonchev–Trinajstić information content (AvgIpc) is 3.50. The Morgan fingerprint density at radius 3 is 2.44 bits per heavy atom. The van der Waals surface area contributed by atoms with Gasteiger partial charge in [-0.05, 0) is 62.2 Å². The van der Waals surface area contributed by atoms with Crippen LogP contribution in [0.5, 0.6) is 0 Å². The SMILES string of the molecule is CC(c1ccc(N=C(c2ccccc2)C2C(=O)Nc3ccc([N+](=O)[O-])cc32)cc1)N1CCCC1. The molecule has 2 atom stereocenters. The largest absolute Gasteiger partial charge is 0.325 e. The van der Waals surface area contributed by atoms with Crippen LogP contribution in [0.2, 0.25) is 0 Å². The normalized spacial score (nSPS) is 19.0. The monoisotopic (exact) mass is 454 g/mol. The Hall–Kier alpha value is -3.84. The topological polar surface area (TPSA) is 87.8 Å². The first kappa shape index (κ1) is 22.0. The number of nitro benzene ring substituents is 1. The molecule has 2 heterocycles. The van der Waals surface area contributed by atoms with Crippen molar-refractivity contribution < 1.29 is 9.72 Å². The summed E-state index contributed by atoms with van der Waals surface area (Å²) >= 11 is 0. The van der Waals surface area contributed by atoms with Crippen molar-refractivity contribution in [2.24, 2.45) is 4.99 Å². The van der Waals surface area contributed by atoms with Gasteiger partial charge in [0.2, 0.25) is 5.91 Å². The molecule has 172 valence electrons. The van der Waals surface area contributed by atoms with E-state index >= 15 is 0 Å². The molecule has 0 bridgehead atoms. The molecule has 0 aromatic heterocycles. The maximum atomic E-state index is 13.0. The number of fused-ring (bicyclic) bond motifs is 1. The van der Waals surface area contributed by atoms with E-state index in [0.29, 0.717) is 23.0 Å². The third-order valence-corrected chi connectivity index (χ3v) is 6.73. The Morgan fingerprint density at radius 2 is 1.76 bits per heavy atom. The summed E-state index contributed by atoms with van der Waals surface area (Å²) in [6.45, 7) is 4.48. The molecular formula is C27H26N4O3. The predicted molar refractivity (Wildman–Crippen MR) is 133 cm³/mol. The van der Waals surface area contributed by atoms with Gasteiger partial charge in [-0.25, -0.2) is 0 Å². The van der Waals surface area contributed by atoms with E-state index in [0.717, 1.165) is 24.3 Å². The quantitative estimate of drug-likeness (QED) is 0.298. The van der Waals surface area contributed by atoms with E-state index < -0.39 is 10.8 Å². The van der Waals surface area contributed by atoms with Crippen molar-refractivity contribution in [2.45, 2.75) is 31.7 Å². The number of nitro groups is 1. The second-order valence-electron chi connectivity index (χ2n) is 8.82. The number of likely N-dealkylation sites (tertiary alicyclic amines) is 1. The first-order chi connectivity index (χ1) is 16.5. The van der Waals surface area contributed by atoms with Gasteiger partial charge in [-0.1, -0.05) is 42.5 Å². The van der Waals surface area contributed by atoms with Crippen molar-refractivity contribution in [3.8, 4) is 0 Å². The Labute approximate surface area is 198 Å². The number of carbonyl (C=O) groups excluding carboxylic acids is 1. The van der Waals surface area contributed by atoms with Crippen LogP contribution in [0, 0.1) is 10.1 Å². The van der Waals surface area contributed by atoms with Crippen molar-refractivity contribution in [2.75, 3.05) is 18.4 Å². The van der Waals surface area contributed by atoms with Gasteiger partial charge in [-0.3, -0.25) is 24.8 Å². The summed E-state index contributed by atoms with van der Waals surface area (Å²) in [4.78, 5) is 31.4. The van der Waals surface area contributed by atoms with Crippen LogP contribution in [0.15, 0.2) is 77.8 Å². The lowest BCUT2D eigenvalue weighted by Gasteiger charge is -2.24. The molecule has 7 heteroatoms. The van der Waals surface area contributed by atoms with E-state index in [9.17, 15) is 14.9 Å². The van der Waals surface area contributed by atoms with E-state index in [1.54, 1.807) is 6.07 Å². The average molecular weight is 455 g/mol. The number of non-ortho nitro benzene ring substituents is 1. The van der Waals surface area contributed by atoms with Crippen molar-refractivity contribution in [3.05, 3.63) is 99.6 Å². The summed E-state index contributed by atoms with van der Waals surface area (Å²) in [5, 5.41) is 14.2. The molecule has 3 aromatic carbocycles. The summed E-state index contributed by atoms with van der Waals surface area (Å²) < 4.78 is 0. The predicted octanol–water partition coefficient (Wildman–Crippen LogP) is 5.61. The molecule has 0 radical (unpaired) electrons. The highest BCUT2D eigenvalue weighted by Crippen LogP contribution is 2.38. The minimum atomic E-state index is -0.736. The number of anilines is 1. The molecule has 3 aromatic rings. The van der Waals surface area contributed by atoms with Gasteiger partial charge in [0.1, 0.15) is 5.92 Å². The van der Waals surface area contributed by atoms with Gasteiger partial charge < -0.3 is 5.32 Å². The van der Waals surface area contributed by atoms with Crippen LogP contribution >= 0.6 is 0 Å². The van der Waals surface area contributed by atoms with E-state index in [4.69, 9.17) is 4.99 Å². The van der Waals surface area contributed by atoms with Crippen LogP contribution in [0.3, 0.4) is 0 Å². The highest BCUT2D eigenvalue weighted by Gasteiger charge is 2.36. The van der Waals surface area contributed by atoms with Crippen LogP contribution in [0.1, 0.15) is 48.4 Å². The van der Waals surface area contributed by atoms with Gasteiger partial charge in [-0.15, -0.1) is 0 Å². The molecule has 2 aliphatic rings. The highest BCUT2D eigenvalue weighted by molar-refractivity contribution is 6.24. The van der Waals surface area contributed by atoms with E-state index in [1.165, 1.54) is 30.5 Å². The minimum Gasteiger partial charge on any atom is -0.325 e. The number of benzene rings is 3. The Balaban J connectivity index is 1.54. The van der Waals surface area contributed by atoms with Gasteiger partial charge in [-0.2, -0.15) is 0 Å². The summed E-state index contributed by atoms with van der Waals surface area (Å²) in [7, 11) is 0. The summed E-state index contributed by atoms with van der Waals surface area (Å²) in [5.41, 5.74) is 4.45. The Bertz CT molecular complexity index is 1250. The number of hydrogen-bond donors (Lipinski definition) is 1. The number of aliphatic imine (C=N–C) groups is 1. The van der Waals surface area contributed by atoms with Gasteiger partial charge >= 0.3 is 0 Å². The number of carbonyl (C=O) groups is 1. The third kappa shape index (κ3) is 4.22. The number of hydrogen-bond acceptors (Lipinski definition) is 5. The maximum Gasteiger partial charge on any atom is 0.269 e. The van der Waals surface area contributed by atoms with Crippen molar-refractivity contribution in [1.82, 2.24) is 4.90 Å². The van der Waals surface area contributed by atoms with E-state index in [1.807, 2.05) is 42.5 Å². The molecule has 2 aliphatic heterocycles. The van der Waals surface area contributed by atoms with Crippen LogP contribution in [-0.4, -0.2) is 34.5 Å². The Morgan fingerprint density at radius 1 is 1.06 bits per heavy atom. The van der Waals surface area contributed by atoms with Gasteiger partial charge in [0.05, 0.1) is 16.3 Å². The smallest absolute Gasteiger partial charge is 0.269 e. The molecule has 0 spiro atoms. The second kappa shape index (κ2) is 9.19. The number of amides is 1. The van der Waals surface area contributed by atoms with Gasteiger partial charge in [0.25, 0.3) is 5.69 Å². The van der Waals surface area contributed by atoms with Crippen molar-refractivity contribution >= 4 is 28.7 Å². The van der Waals surface area contributed by atoms with Crippen molar-refractivity contribution in [1.29, 1.82) is 0 Å². The first-order valence-corrected chi connectivity index (χ1v) is 11.6. The molecule has 1 fully saturated rings.